The number of rotatable bonds is 4. The number of ether oxygens (including phenoxy) is 1. The molecule has 0 saturated heterocycles. The summed E-state index contributed by atoms with van der Waals surface area (Å²) in [6, 6.07) is 9.87. The van der Waals surface area contributed by atoms with Gasteiger partial charge in [0.15, 0.2) is 0 Å². The van der Waals surface area contributed by atoms with Gasteiger partial charge < -0.3 is 4.74 Å². The van der Waals surface area contributed by atoms with Gasteiger partial charge in [-0.1, -0.05) is 23.8 Å². The summed E-state index contributed by atoms with van der Waals surface area (Å²) in [5, 5.41) is 0.927. The first-order chi connectivity index (χ1) is 13.0. The first-order valence-corrected chi connectivity index (χ1v) is 9.90. The first-order valence-electron chi connectivity index (χ1n) is 9.08. The molecule has 0 aliphatic heterocycles. The normalized spacial score (nSPS) is 13.2. The summed E-state index contributed by atoms with van der Waals surface area (Å²) >= 11 is 1.63. The predicted molar refractivity (Wildman–Crippen MR) is 110 cm³/mol. The van der Waals surface area contributed by atoms with E-state index >= 15 is 0 Å². The van der Waals surface area contributed by atoms with Gasteiger partial charge in [0.25, 0.3) is 5.56 Å². The third-order valence-electron chi connectivity index (χ3n) is 4.91. The van der Waals surface area contributed by atoms with Crippen molar-refractivity contribution in [3.05, 3.63) is 79.2 Å². The fourth-order valence-electron chi connectivity index (χ4n) is 3.33. The average molecular weight is 378 g/mol. The van der Waals surface area contributed by atoms with Crippen molar-refractivity contribution in [1.82, 2.24) is 9.55 Å². The van der Waals surface area contributed by atoms with E-state index in [2.05, 4.69) is 43.1 Å². The number of aromatic nitrogens is 2. The van der Waals surface area contributed by atoms with Crippen LogP contribution >= 0.6 is 11.3 Å². The molecule has 2 aromatic heterocycles. The van der Waals surface area contributed by atoms with E-state index in [4.69, 9.17) is 4.74 Å². The third-order valence-corrected chi connectivity index (χ3v) is 5.95. The number of hydrogen-bond acceptors (Lipinski definition) is 4. The van der Waals surface area contributed by atoms with Crippen LogP contribution in [0.25, 0.3) is 11.8 Å². The molecule has 0 unspecified atom stereocenters. The van der Waals surface area contributed by atoms with Crippen LogP contribution in [0.3, 0.4) is 0 Å². The van der Waals surface area contributed by atoms with Crippen LogP contribution in [0.4, 0.5) is 0 Å². The Bertz CT molecular complexity index is 1070. The molecule has 2 heterocycles. The number of thiazole rings is 1. The molecule has 138 valence electrons. The summed E-state index contributed by atoms with van der Waals surface area (Å²) in [5.74, 6) is 0.578. The summed E-state index contributed by atoms with van der Waals surface area (Å²) in [6.45, 7) is 6.54. The molecular weight excluding hydrogens is 356 g/mol. The van der Waals surface area contributed by atoms with Gasteiger partial charge in [-0.05, 0) is 56.9 Å². The van der Waals surface area contributed by atoms with Gasteiger partial charge in [-0.15, -0.1) is 11.3 Å². The second kappa shape index (κ2) is 7.16. The molecular formula is C22H22N2O2S. The quantitative estimate of drug-likeness (QED) is 0.658. The molecule has 3 aromatic rings. The van der Waals surface area contributed by atoms with E-state index in [0.717, 1.165) is 29.2 Å². The molecule has 27 heavy (non-hydrogen) atoms. The van der Waals surface area contributed by atoms with Crippen molar-refractivity contribution in [2.75, 3.05) is 0 Å². The largest absolute Gasteiger partial charge is 0.486 e. The molecule has 1 aromatic carbocycles. The minimum absolute atomic E-state index is 0.0687. The fourth-order valence-corrected chi connectivity index (χ4v) is 4.18. The molecule has 5 heteroatoms. The zero-order valence-electron chi connectivity index (χ0n) is 15.8. The molecule has 1 aliphatic carbocycles. The zero-order chi connectivity index (χ0) is 19.0. The number of benzene rings is 1. The van der Waals surface area contributed by atoms with Crippen LogP contribution in [0.15, 0.2) is 41.3 Å². The standard InChI is InChI=1S/C22H22N2O2S/c1-14-4-5-18-11-19(7-6-17(18)10-14)24-9-8-20(12-22(24)25)26-13-21-23-15(2)16(3)27-21/h4-5,8-12H,6-7,13H2,1-3H3. The number of fused-ring (bicyclic) bond motifs is 1. The van der Waals surface area contributed by atoms with Crippen molar-refractivity contribution in [1.29, 1.82) is 0 Å². The maximum Gasteiger partial charge on any atom is 0.258 e. The second-order valence-corrected chi connectivity index (χ2v) is 8.23. The molecule has 0 fully saturated rings. The molecule has 0 spiro atoms. The summed E-state index contributed by atoms with van der Waals surface area (Å²) < 4.78 is 7.48. The van der Waals surface area contributed by atoms with Gasteiger partial charge in [0.2, 0.25) is 0 Å². The minimum Gasteiger partial charge on any atom is -0.486 e. The lowest BCUT2D eigenvalue weighted by Crippen LogP contribution is -2.19. The topological polar surface area (TPSA) is 44.1 Å². The Labute approximate surface area is 162 Å². The van der Waals surface area contributed by atoms with Gasteiger partial charge in [-0.2, -0.15) is 0 Å². The highest BCUT2D eigenvalue weighted by Crippen LogP contribution is 2.27. The van der Waals surface area contributed by atoms with E-state index < -0.39 is 0 Å². The van der Waals surface area contributed by atoms with Gasteiger partial charge in [0, 0.05) is 22.8 Å². The van der Waals surface area contributed by atoms with Crippen LogP contribution in [0.2, 0.25) is 0 Å². The van der Waals surface area contributed by atoms with E-state index in [9.17, 15) is 4.79 Å². The minimum atomic E-state index is -0.0687. The highest BCUT2D eigenvalue weighted by Gasteiger charge is 2.13. The molecule has 0 radical (unpaired) electrons. The maximum absolute atomic E-state index is 12.6. The summed E-state index contributed by atoms with van der Waals surface area (Å²) in [4.78, 5) is 18.3. The van der Waals surface area contributed by atoms with Crippen molar-refractivity contribution in [2.24, 2.45) is 0 Å². The van der Waals surface area contributed by atoms with Gasteiger partial charge in [-0.25, -0.2) is 4.98 Å². The summed E-state index contributed by atoms with van der Waals surface area (Å²) in [5.41, 5.74) is 5.81. The molecule has 4 nitrogen and oxygen atoms in total. The number of pyridine rings is 1. The molecule has 0 saturated carbocycles. The molecule has 4 rings (SSSR count). The van der Waals surface area contributed by atoms with Gasteiger partial charge in [0.1, 0.15) is 17.4 Å². The number of hydrogen-bond donors (Lipinski definition) is 0. The number of aryl methyl sites for hydroxylation is 4. The Hall–Kier alpha value is -2.66. The second-order valence-electron chi connectivity index (χ2n) is 6.95. The van der Waals surface area contributed by atoms with E-state index in [1.165, 1.54) is 21.6 Å². The predicted octanol–water partition coefficient (Wildman–Crippen LogP) is 4.75. The van der Waals surface area contributed by atoms with Crippen LogP contribution < -0.4 is 10.3 Å². The summed E-state index contributed by atoms with van der Waals surface area (Å²) in [7, 11) is 0. The Morgan fingerprint density at radius 2 is 2.00 bits per heavy atom. The molecule has 0 amide bonds. The Morgan fingerprint density at radius 3 is 2.74 bits per heavy atom. The zero-order valence-corrected chi connectivity index (χ0v) is 16.6. The highest BCUT2D eigenvalue weighted by atomic mass is 32.1. The van der Waals surface area contributed by atoms with Crippen LogP contribution in [0.1, 0.15) is 38.7 Å². The average Bonchev–Trinajstić information content (AvgIpc) is 2.97. The van der Waals surface area contributed by atoms with Crippen LogP contribution in [-0.4, -0.2) is 9.55 Å². The van der Waals surface area contributed by atoms with E-state index in [-0.39, 0.29) is 5.56 Å². The van der Waals surface area contributed by atoms with Crippen molar-refractivity contribution in [3.8, 4) is 5.75 Å². The smallest absolute Gasteiger partial charge is 0.258 e. The first kappa shape index (κ1) is 17.7. The highest BCUT2D eigenvalue weighted by molar-refractivity contribution is 7.11. The van der Waals surface area contributed by atoms with Crippen molar-refractivity contribution >= 4 is 23.1 Å². The van der Waals surface area contributed by atoms with Gasteiger partial charge >= 0.3 is 0 Å². The van der Waals surface area contributed by atoms with Crippen LogP contribution in [0, 0.1) is 20.8 Å². The fraction of sp³-hybridized carbons (Fsp3) is 0.273. The van der Waals surface area contributed by atoms with Crippen LogP contribution in [-0.2, 0) is 13.0 Å². The lowest BCUT2D eigenvalue weighted by Gasteiger charge is -2.18. The molecule has 0 atom stereocenters. The molecule has 0 bridgehead atoms. The molecule has 1 aliphatic rings. The van der Waals surface area contributed by atoms with E-state index in [0.29, 0.717) is 12.4 Å². The Morgan fingerprint density at radius 1 is 1.15 bits per heavy atom. The van der Waals surface area contributed by atoms with E-state index in [1.54, 1.807) is 28.2 Å². The summed E-state index contributed by atoms with van der Waals surface area (Å²) in [6.07, 6.45) is 5.73. The van der Waals surface area contributed by atoms with Gasteiger partial charge in [0.05, 0.1) is 5.69 Å². The third kappa shape index (κ3) is 3.74. The van der Waals surface area contributed by atoms with Gasteiger partial charge in [-0.3, -0.25) is 9.36 Å². The van der Waals surface area contributed by atoms with Crippen molar-refractivity contribution in [3.63, 3.8) is 0 Å². The SMILES string of the molecule is Cc1ccc2c(c1)CCC(n1ccc(OCc3nc(C)c(C)s3)cc1=O)=C2. The van der Waals surface area contributed by atoms with Crippen molar-refractivity contribution in [2.45, 2.75) is 40.2 Å². The molecule has 0 N–H and O–H groups in total. The number of nitrogens with zero attached hydrogens (tertiary/aromatic N) is 2. The Kier molecular flexibility index (Phi) is 4.70. The van der Waals surface area contributed by atoms with Crippen molar-refractivity contribution < 1.29 is 4.74 Å². The van der Waals surface area contributed by atoms with Crippen LogP contribution in [0.5, 0.6) is 5.75 Å². The number of allylic oxidation sites excluding steroid dienone is 1. The van der Waals surface area contributed by atoms with E-state index in [1.807, 2.05) is 13.0 Å². The maximum atomic E-state index is 12.6. The monoisotopic (exact) mass is 378 g/mol. The lowest BCUT2D eigenvalue weighted by atomic mass is 9.94. The Balaban J connectivity index is 1.53. The lowest BCUT2D eigenvalue weighted by molar-refractivity contribution is 0.304.